The van der Waals surface area contributed by atoms with Gasteiger partial charge in [0.2, 0.25) is 0 Å². The van der Waals surface area contributed by atoms with E-state index >= 15 is 0 Å². The minimum Gasteiger partial charge on any atom is -0.205 e. The van der Waals surface area contributed by atoms with Crippen molar-refractivity contribution in [3.05, 3.63) is 33.1 Å². The summed E-state index contributed by atoms with van der Waals surface area (Å²) in [7, 11) is 0. The lowest BCUT2D eigenvalue weighted by Gasteiger charge is -2.01. The van der Waals surface area contributed by atoms with E-state index in [-0.39, 0.29) is 5.56 Å². The van der Waals surface area contributed by atoms with Crippen LogP contribution in [0.3, 0.4) is 0 Å². The molecule has 0 nitrogen and oxygen atoms in total. The van der Waals surface area contributed by atoms with Crippen LogP contribution < -0.4 is 0 Å². The number of benzene rings is 1. The quantitative estimate of drug-likeness (QED) is 0.694. The molecule has 2 aromatic rings. The van der Waals surface area contributed by atoms with Gasteiger partial charge >= 0.3 is 0 Å². The van der Waals surface area contributed by atoms with Gasteiger partial charge in [-0.25, -0.2) is 8.78 Å². The van der Waals surface area contributed by atoms with E-state index in [0.29, 0.717) is 0 Å². The third kappa shape index (κ3) is 1.68. The maximum atomic E-state index is 12.5. The van der Waals surface area contributed by atoms with Crippen molar-refractivity contribution in [3.8, 4) is 0 Å². The molecule has 0 aliphatic carbocycles. The van der Waals surface area contributed by atoms with Crippen molar-refractivity contribution < 1.29 is 8.78 Å². The van der Waals surface area contributed by atoms with E-state index in [2.05, 4.69) is 15.9 Å². The predicted octanol–water partition coefficient (Wildman–Crippen LogP) is 4.91. The summed E-state index contributed by atoms with van der Waals surface area (Å²) in [4.78, 5) is 1.13. The lowest BCUT2D eigenvalue weighted by Crippen LogP contribution is -1.83. The highest BCUT2D eigenvalue weighted by Gasteiger charge is 2.11. The average Bonchev–Trinajstić information content (AvgIpc) is 2.45. The number of alkyl halides is 2. The summed E-state index contributed by atoms with van der Waals surface area (Å²) in [6.07, 6.45) is -2.41. The molecule has 0 aliphatic rings. The Morgan fingerprint density at radius 3 is 2.64 bits per heavy atom. The highest BCUT2D eigenvalue weighted by molar-refractivity contribution is 9.10. The zero-order chi connectivity index (χ0) is 10.3. The first kappa shape index (κ1) is 10.1. The Labute approximate surface area is 92.7 Å². The van der Waals surface area contributed by atoms with Gasteiger partial charge in [-0.3, -0.25) is 0 Å². The van der Waals surface area contributed by atoms with Gasteiger partial charge in [-0.2, -0.15) is 0 Å². The Kier molecular flexibility index (Phi) is 2.58. The largest absolute Gasteiger partial charge is 0.263 e. The molecule has 0 bridgehead atoms. The molecule has 0 amide bonds. The Morgan fingerprint density at radius 2 is 2.00 bits per heavy atom. The normalized spacial score (nSPS) is 11.5. The van der Waals surface area contributed by atoms with Crippen LogP contribution >= 0.6 is 27.3 Å². The van der Waals surface area contributed by atoms with Gasteiger partial charge in [-0.15, -0.1) is 11.3 Å². The molecule has 0 unspecified atom stereocenters. The van der Waals surface area contributed by atoms with E-state index in [1.807, 2.05) is 13.0 Å². The van der Waals surface area contributed by atoms with Crippen molar-refractivity contribution in [1.82, 2.24) is 0 Å². The van der Waals surface area contributed by atoms with Crippen LogP contribution in [0.1, 0.15) is 16.9 Å². The Bertz CT molecular complexity index is 476. The Morgan fingerprint density at radius 1 is 1.29 bits per heavy atom. The second-order valence-electron chi connectivity index (χ2n) is 3.08. The maximum absolute atomic E-state index is 12.5. The van der Waals surface area contributed by atoms with Gasteiger partial charge in [-0.05, 0) is 46.4 Å². The minimum absolute atomic E-state index is 0.0715. The number of rotatable bonds is 1. The first-order valence-electron chi connectivity index (χ1n) is 4.05. The zero-order valence-electron chi connectivity index (χ0n) is 7.35. The van der Waals surface area contributed by atoms with E-state index in [1.54, 1.807) is 17.4 Å². The van der Waals surface area contributed by atoms with Crippen LogP contribution in [-0.4, -0.2) is 0 Å². The molecule has 0 atom stereocenters. The van der Waals surface area contributed by atoms with E-state index in [4.69, 9.17) is 0 Å². The summed E-state index contributed by atoms with van der Waals surface area (Å²) in [5.41, 5.74) is 0.0715. The molecule has 0 saturated carbocycles. The molecule has 0 aliphatic heterocycles. The molecule has 0 spiro atoms. The first-order valence-corrected chi connectivity index (χ1v) is 5.66. The van der Waals surface area contributed by atoms with Crippen molar-refractivity contribution in [2.24, 2.45) is 0 Å². The van der Waals surface area contributed by atoms with Gasteiger partial charge in [0.1, 0.15) is 0 Å². The molecule has 0 radical (unpaired) electrons. The average molecular weight is 277 g/mol. The van der Waals surface area contributed by atoms with Crippen LogP contribution in [0, 0.1) is 6.92 Å². The van der Waals surface area contributed by atoms with E-state index in [0.717, 1.165) is 19.4 Å². The lowest BCUT2D eigenvalue weighted by molar-refractivity contribution is 0.151. The second kappa shape index (κ2) is 3.59. The highest BCUT2D eigenvalue weighted by atomic mass is 79.9. The van der Waals surface area contributed by atoms with Crippen molar-refractivity contribution >= 4 is 37.4 Å². The van der Waals surface area contributed by atoms with Crippen LogP contribution in [0.15, 0.2) is 22.7 Å². The fourth-order valence-electron chi connectivity index (χ4n) is 1.39. The molecular weight excluding hydrogens is 270 g/mol. The number of hydrogen-bond acceptors (Lipinski definition) is 1. The molecular formula is C10H7BrF2S. The molecule has 4 heteroatoms. The molecule has 0 saturated heterocycles. The highest BCUT2D eigenvalue weighted by Crippen LogP contribution is 2.35. The number of thiophene rings is 1. The van der Waals surface area contributed by atoms with Crippen LogP contribution in [-0.2, 0) is 0 Å². The fraction of sp³-hybridized carbons (Fsp3) is 0.200. The van der Waals surface area contributed by atoms with Gasteiger partial charge in [-0.1, -0.05) is 0 Å². The van der Waals surface area contributed by atoms with Gasteiger partial charge in [0.05, 0.1) is 0 Å². The molecule has 1 heterocycles. The van der Waals surface area contributed by atoms with Crippen molar-refractivity contribution in [3.63, 3.8) is 0 Å². The number of fused-ring (bicyclic) bond motifs is 1. The van der Waals surface area contributed by atoms with Crippen molar-refractivity contribution in [2.75, 3.05) is 0 Å². The fourth-order valence-corrected chi connectivity index (χ4v) is 3.02. The Hall–Kier alpha value is -0.480. The Balaban J connectivity index is 2.71. The van der Waals surface area contributed by atoms with Crippen molar-refractivity contribution in [1.29, 1.82) is 0 Å². The van der Waals surface area contributed by atoms with Gasteiger partial charge in [0.15, 0.2) is 0 Å². The van der Waals surface area contributed by atoms with Crippen LogP contribution in [0.5, 0.6) is 0 Å². The van der Waals surface area contributed by atoms with Gasteiger partial charge in [0.25, 0.3) is 6.43 Å². The second-order valence-corrected chi connectivity index (χ2v) is 5.19. The molecule has 0 fully saturated rings. The minimum atomic E-state index is -2.41. The van der Waals surface area contributed by atoms with Crippen LogP contribution in [0.25, 0.3) is 10.1 Å². The standard InChI is InChI=1S/C10H7BrF2S/c1-5-2-6-3-7(10(12)13)4-8(11)9(6)14-5/h2-4,10H,1H3. The van der Waals surface area contributed by atoms with Crippen LogP contribution in [0.2, 0.25) is 0 Å². The molecule has 14 heavy (non-hydrogen) atoms. The summed E-state index contributed by atoms with van der Waals surface area (Å²) < 4.78 is 26.7. The summed E-state index contributed by atoms with van der Waals surface area (Å²) in [5.74, 6) is 0. The lowest BCUT2D eigenvalue weighted by atomic mass is 10.2. The van der Waals surface area contributed by atoms with Crippen LogP contribution in [0.4, 0.5) is 8.78 Å². The molecule has 0 N–H and O–H groups in total. The van der Waals surface area contributed by atoms with E-state index in [9.17, 15) is 8.78 Å². The number of aryl methyl sites for hydroxylation is 1. The zero-order valence-corrected chi connectivity index (χ0v) is 9.75. The first-order chi connectivity index (χ1) is 6.58. The van der Waals surface area contributed by atoms with Crippen molar-refractivity contribution in [2.45, 2.75) is 13.3 Å². The SMILES string of the molecule is Cc1cc2cc(C(F)F)cc(Br)c2s1. The van der Waals surface area contributed by atoms with E-state index < -0.39 is 6.43 Å². The number of hydrogen-bond donors (Lipinski definition) is 0. The third-order valence-corrected chi connectivity index (χ3v) is 3.96. The predicted molar refractivity (Wildman–Crippen MR) is 59.2 cm³/mol. The van der Waals surface area contributed by atoms with Gasteiger partial charge in [0, 0.05) is 19.6 Å². The maximum Gasteiger partial charge on any atom is 0.263 e. The summed E-state index contributed by atoms with van der Waals surface area (Å²) >= 11 is 4.91. The monoisotopic (exact) mass is 276 g/mol. The summed E-state index contributed by atoms with van der Waals surface area (Å²) in [6, 6.07) is 4.97. The third-order valence-electron chi connectivity index (χ3n) is 1.97. The molecule has 2 rings (SSSR count). The summed E-state index contributed by atoms with van der Waals surface area (Å²) in [5, 5.41) is 0.886. The molecule has 1 aromatic heterocycles. The molecule has 1 aromatic carbocycles. The summed E-state index contributed by atoms with van der Waals surface area (Å²) in [6.45, 7) is 1.97. The van der Waals surface area contributed by atoms with Gasteiger partial charge < -0.3 is 0 Å². The smallest absolute Gasteiger partial charge is 0.205 e. The number of halogens is 3. The molecule has 74 valence electrons. The topological polar surface area (TPSA) is 0 Å². The van der Waals surface area contributed by atoms with E-state index in [1.165, 1.54) is 6.07 Å².